The summed E-state index contributed by atoms with van der Waals surface area (Å²) in [7, 11) is -4.93. The Hall–Kier alpha value is -2.63. The molecule has 0 aliphatic rings. The van der Waals surface area contributed by atoms with E-state index in [-0.39, 0.29) is 15.5 Å². The minimum absolute atomic E-state index is 0.0104. The van der Waals surface area contributed by atoms with Gasteiger partial charge in [-0.25, -0.2) is 25.9 Å². The summed E-state index contributed by atoms with van der Waals surface area (Å²) in [5.74, 6) is 0. The molecule has 0 fully saturated rings. The summed E-state index contributed by atoms with van der Waals surface area (Å²) in [6.07, 6.45) is 0. The van der Waals surface area contributed by atoms with Gasteiger partial charge in [0.05, 0.1) is 26.5 Å². The normalized spacial score (nSPS) is 12.6. The van der Waals surface area contributed by atoms with Gasteiger partial charge in [-0.1, -0.05) is 0 Å². The summed E-state index contributed by atoms with van der Waals surface area (Å²) >= 11 is 0. The van der Waals surface area contributed by atoms with Crippen molar-refractivity contribution < 1.29 is 16.8 Å². The molecule has 0 amide bonds. The van der Waals surface area contributed by atoms with Gasteiger partial charge in [0, 0.05) is 14.1 Å². The third kappa shape index (κ3) is 3.55. The van der Waals surface area contributed by atoms with Crippen molar-refractivity contribution in [2.24, 2.45) is 0 Å². The summed E-state index contributed by atoms with van der Waals surface area (Å²) in [6.45, 7) is 3.41. The number of H-pyrrole nitrogens is 2. The zero-order chi connectivity index (χ0) is 20.9. The molecule has 3 N–H and O–H groups in total. The number of hydrogen-bond donors (Lipinski definition) is 3. The molecular weight excluding hydrogens is 404 g/mol. The summed E-state index contributed by atoms with van der Waals surface area (Å²) in [4.78, 5) is 16.3. The first-order valence-electron chi connectivity index (χ1n) is 8.20. The van der Waals surface area contributed by atoms with Crippen molar-refractivity contribution in [2.75, 3.05) is 18.8 Å². The first kappa shape index (κ1) is 20.1. The molecule has 0 spiro atoms. The zero-order valence-electron chi connectivity index (χ0n) is 15.7. The van der Waals surface area contributed by atoms with Crippen LogP contribution in [-0.2, 0) is 20.0 Å². The molecule has 1 heterocycles. The first-order chi connectivity index (χ1) is 12.9. The van der Waals surface area contributed by atoms with Gasteiger partial charge in [-0.05, 0) is 55.3 Å². The first-order valence-corrected chi connectivity index (χ1v) is 11.1. The van der Waals surface area contributed by atoms with Crippen molar-refractivity contribution in [2.45, 2.75) is 23.6 Å². The maximum atomic E-state index is 12.8. The molecule has 0 saturated heterocycles. The summed E-state index contributed by atoms with van der Waals surface area (Å²) < 4.78 is 54.1. The molecule has 3 rings (SSSR count). The second-order valence-corrected chi connectivity index (χ2v) is 10.4. The maximum absolute atomic E-state index is 12.8. The van der Waals surface area contributed by atoms with Crippen LogP contribution in [0.15, 0.2) is 44.9 Å². The topological polar surface area (TPSA) is 132 Å². The van der Waals surface area contributed by atoms with Gasteiger partial charge in [0.1, 0.15) is 0 Å². The third-order valence-electron chi connectivity index (χ3n) is 4.46. The van der Waals surface area contributed by atoms with Gasteiger partial charge in [0.2, 0.25) is 10.0 Å². The van der Waals surface area contributed by atoms with Crippen molar-refractivity contribution >= 4 is 36.8 Å². The lowest BCUT2D eigenvalue weighted by atomic mass is 10.1. The van der Waals surface area contributed by atoms with Crippen molar-refractivity contribution in [3.63, 3.8) is 0 Å². The fraction of sp³-hybridized carbons (Fsp3) is 0.235. The van der Waals surface area contributed by atoms with Gasteiger partial charge in [0.15, 0.2) is 0 Å². The van der Waals surface area contributed by atoms with Crippen LogP contribution in [0, 0.1) is 13.8 Å². The van der Waals surface area contributed by atoms with Crippen LogP contribution in [0.2, 0.25) is 0 Å². The molecule has 2 aromatic carbocycles. The average Bonchev–Trinajstić information content (AvgIpc) is 2.97. The summed E-state index contributed by atoms with van der Waals surface area (Å²) in [5.41, 5.74) is 1.80. The van der Waals surface area contributed by atoms with Crippen LogP contribution in [0.5, 0.6) is 0 Å². The number of aryl methyl sites for hydroxylation is 1. The van der Waals surface area contributed by atoms with Crippen LogP contribution < -0.4 is 10.4 Å². The van der Waals surface area contributed by atoms with Crippen LogP contribution in [0.1, 0.15) is 11.1 Å². The molecule has 0 aliphatic heterocycles. The predicted molar refractivity (Wildman–Crippen MR) is 107 cm³/mol. The van der Waals surface area contributed by atoms with Crippen LogP contribution >= 0.6 is 0 Å². The number of anilines is 1. The molecule has 0 saturated carbocycles. The maximum Gasteiger partial charge on any atom is 0.323 e. The molecular formula is C17H20N4O5S2. The molecule has 0 aliphatic carbocycles. The lowest BCUT2D eigenvalue weighted by Crippen LogP contribution is -2.23. The second kappa shape index (κ2) is 6.76. The molecule has 0 unspecified atom stereocenters. The van der Waals surface area contributed by atoms with E-state index in [2.05, 4.69) is 14.7 Å². The van der Waals surface area contributed by atoms with E-state index < -0.39 is 25.7 Å². The Bertz CT molecular complexity index is 1340. The summed E-state index contributed by atoms with van der Waals surface area (Å²) in [5, 5.41) is 0. The Morgan fingerprint density at radius 2 is 1.54 bits per heavy atom. The van der Waals surface area contributed by atoms with Gasteiger partial charge >= 0.3 is 5.69 Å². The monoisotopic (exact) mass is 424 g/mol. The van der Waals surface area contributed by atoms with Crippen LogP contribution in [0.3, 0.4) is 0 Å². The highest BCUT2D eigenvalue weighted by Crippen LogP contribution is 2.28. The number of benzene rings is 2. The quantitative estimate of drug-likeness (QED) is 0.571. The smallest absolute Gasteiger partial charge is 0.306 e. The molecule has 150 valence electrons. The van der Waals surface area contributed by atoms with Gasteiger partial charge in [-0.15, -0.1) is 0 Å². The molecule has 3 aromatic rings. The van der Waals surface area contributed by atoms with Gasteiger partial charge < -0.3 is 9.97 Å². The zero-order valence-corrected chi connectivity index (χ0v) is 17.3. The fourth-order valence-electron chi connectivity index (χ4n) is 2.67. The van der Waals surface area contributed by atoms with Crippen LogP contribution in [0.25, 0.3) is 11.0 Å². The molecule has 0 atom stereocenters. The van der Waals surface area contributed by atoms with E-state index >= 15 is 0 Å². The Balaban J connectivity index is 2.08. The van der Waals surface area contributed by atoms with Crippen LogP contribution in [0.4, 0.5) is 5.69 Å². The Kier molecular flexibility index (Phi) is 4.86. The van der Waals surface area contributed by atoms with E-state index in [0.29, 0.717) is 22.2 Å². The predicted octanol–water partition coefficient (Wildman–Crippen LogP) is 1.52. The Morgan fingerprint density at radius 1 is 0.893 bits per heavy atom. The van der Waals surface area contributed by atoms with E-state index in [1.54, 1.807) is 13.8 Å². The number of aromatic amines is 2. The SMILES string of the molecule is Cc1cc(S(=O)(=O)N(C)C)cc(NS(=O)(=O)c2ccc3[nH]c(=O)[nH]c3c2)c1C. The second-order valence-electron chi connectivity index (χ2n) is 6.59. The highest BCUT2D eigenvalue weighted by atomic mass is 32.2. The van der Waals surface area contributed by atoms with E-state index in [0.717, 1.165) is 4.31 Å². The molecule has 28 heavy (non-hydrogen) atoms. The minimum atomic E-state index is -4.01. The highest BCUT2D eigenvalue weighted by Gasteiger charge is 2.22. The van der Waals surface area contributed by atoms with Crippen molar-refractivity contribution in [1.82, 2.24) is 14.3 Å². The number of aromatic nitrogens is 2. The van der Waals surface area contributed by atoms with Gasteiger partial charge in [-0.2, -0.15) is 0 Å². The van der Waals surface area contributed by atoms with Crippen molar-refractivity contribution in [1.29, 1.82) is 0 Å². The average molecular weight is 425 g/mol. The van der Waals surface area contributed by atoms with Crippen LogP contribution in [-0.4, -0.2) is 45.2 Å². The minimum Gasteiger partial charge on any atom is -0.306 e. The van der Waals surface area contributed by atoms with Gasteiger partial charge in [0.25, 0.3) is 10.0 Å². The number of sulfonamides is 2. The van der Waals surface area contributed by atoms with Crippen molar-refractivity contribution in [3.05, 3.63) is 51.9 Å². The molecule has 11 heteroatoms. The molecule has 0 bridgehead atoms. The standard InChI is InChI=1S/C17H20N4O5S2/c1-10-7-13(28(25,26)21(3)4)9-15(11(10)2)20-27(23,24)12-5-6-14-16(8-12)19-17(22)18-14/h5-9,20H,1-4H3,(H2,18,19,22). The lowest BCUT2D eigenvalue weighted by Gasteiger charge is -2.17. The highest BCUT2D eigenvalue weighted by molar-refractivity contribution is 7.92. The third-order valence-corrected chi connectivity index (χ3v) is 7.62. The number of nitrogens with zero attached hydrogens (tertiary/aromatic N) is 1. The summed E-state index contributed by atoms with van der Waals surface area (Å²) in [6, 6.07) is 6.97. The molecule has 0 radical (unpaired) electrons. The lowest BCUT2D eigenvalue weighted by molar-refractivity contribution is 0.520. The number of imidazole rings is 1. The van der Waals surface area contributed by atoms with E-state index in [4.69, 9.17) is 0 Å². The van der Waals surface area contributed by atoms with E-state index in [1.165, 1.54) is 44.4 Å². The van der Waals surface area contributed by atoms with E-state index in [1.807, 2.05) is 0 Å². The molecule has 9 nitrogen and oxygen atoms in total. The number of rotatable bonds is 5. The molecule has 1 aromatic heterocycles. The number of hydrogen-bond acceptors (Lipinski definition) is 5. The van der Waals surface area contributed by atoms with Crippen molar-refractivity contribution in [3.8, 4) is 0 Å². The van der Waals surface area contributed by atoms with E-state index in [9.17, 15) is 21.6 Å². The Labute approximate surface area is 162 Å². The largest absolute Gasteiger partial charge is 0.323 e. The fourth-order valence-corrected chi connectivity index (χ4v) is 4.83. The number of nitrogens with one attached hydrogen (secondary N) is 3. The number of fused-ring (bicyclic) bond motifs is 1. The van der Waals surface area contributed by atoms with Gasteiger partial charge in [-0.3, -0.25) is 4.72 Å². The Morgan fingerprint density at radius 3 is 2.18 bits per heavy atom.